The number of hydrogen-bond acceptors (Lipinski definition) is 3. The van der Waals surface area contributed by atoms with E-state index in [0.29, 0.717) is 11.3 Å². The third kappa shape index (κ3) is 3.52. The Balaban J connectivity index is 0.00000200. The van der Waals surface area contributed by atoms with Gasteiger partial charge in [0.05, 0.1) is 11.6 Å². The minimum atomic E-state index is -0.131. The van der Waals surface area contributed by atoms with Gasteiger partial charge in [-0.15, -0.1) is 23.7 Å². The Morgan fingerprint density at radius 1 is 1.30 bits per heavy atom. The smallest absolute Gasteiger partial charge is 0.253 e. The second kappa shape index (κ2) is 6.77. The largest absolute Gasteiger partial charge is 0.398 e. The molecule has 1 heterocycles. The number of nitrogens with two attached hydrogens (primary N) is 1. The summed E-state index contributed by atoms with van der Waals surface area (Å²) < 4.78 is 0. The Labute approximate surface area is 129 Å². The van der Waals surface area contributed by atoms with Crippen LogP contribution in [0.3, 0.4) is 0 Å². The third-order valence-electron chi connectivity index (χ3n) is 3.10. The Kier molecular flexibility index (Phi) is 5.60. The average Bonchev–Trinajstić information content (AvgIpc) is 2.69. The molecule has 5 heteroatoms. The van der Waals surface area contributed by atoms with Crippen LogP contribution in [-0.4, -0.2) is 5.91 Å². The van der Waals surface area contributed by atoms with Gasteiger partial charge in [0.2, 0.25) is 0 Å². The highest BCUT2D eigenvalue weighted by atomic mass is 35.5. The number of nitrogens with one attached hydrogen (secondary N) is 1. The van der Waals surface area contributed by atoms with E-state index in [1.165, 1.54) is 15.3 Å². The average molecular weight is 311 g/mol. The number of rotatable bonds is 3. The number of thiophene rings is 1. The molecular formula is C15H19ClN2OS. The van der Waals surface area contributed by atoms with Crippen molar-refractivity contribution >= 4 is 35.3 Å². The van der Waals surface area contributed by atoms with Gasteiger partial charge in [-0.3, -0.25) is 4.79 Å². The van der Waals surface area contributed by atoms with Crippen LogP contribution in [0.2, 0.25) is 0 Å². The van der Waals surface area contributed by atoms with E-state index in [-0.39, 0.29) is 24.4 Å². The van der Waals surface area contributed by atoms with Gasteiger partial charge < -0.3 is 11.1 Å². The number of hydrogen-bond donors (Lipinski definition) is 2. The van der Waals surface area contributed by atoms with E-state index < -0.39 is 0 Å². The lowest BCUT2D eigenvalue weighted by atomic mass is 10.1. The Morgan fingerprint density at radius 3 is 2.50 bits per heavy atom. The number of carbonyl (C=O) groups excluding carboxylic acids is 1. The van der Waals surface area contributed by atoms with Crippen molar-refractivity contribution in [3.63, 3.8) is 0 Å². The highest BCUT2D eigenvalue weighted by Crippen LogP contribution is 2.26. The summed E-state index contributed by atoms with van der Waals surface area (Å²) in [5, 5.41) is 3.00. The minimum absolute atomic E-state index is 0. The molecule has 3 N–H and O–H groups in total. The van der Waals surface area contributed by atoms with Crippen molar-refractivity contribution in [2.45, 2.75) is 26.8 Å². The maximum absolute atomic E-state index is 12.2. The second-order valence-electron chi connectivity index (χ2n) is 4.65. The molecule has 0 bridgehead atoms. The molecule has 0 radical (unpaired) electrons. The van der Waals surface area contributed by atoms with E-state index in [1.54, 1.807) is 23.5 Å². The highest BCUT2D eigenvalue weighted by molar-refractivity contribution is 7.12. The third-order valence-corrected chi connectivity index (χ3v) is 4.08. The van der Waals surface area contributed by atoms with Crippen LogP contribution >= 0.6 is 23.7 Å². The first-order chi connectivity index (χ1) is 8.99. The van der Waals surface area contributed by atoms with E-state index >= 15 is 0 Å². The number of halogens is 1. The van der Waals surface area contributed by atoms with E-state index in [9.17, 15) is 4.79 Å². The first-order valence-corrected chi connectivity index (χ1v) is 7.03. The lowest BCUT2D eigenvalue weighted by molar-refractivity contribution is 0.0941. The molecule has 0 fully saturated rings. The van der Waals surface area contributed by atoms with E-state index in [4.69, 9.17) is 5.73 Å². The summed E-state index contributed by atoms with van der Waals surface area (Å²) in [7, 11) is 0. The fraction of sp³-hybridized carbons (Fsp3) is 0.267. The van der Waals surface area contributed by atoms with Crippen molar-refractivity contribution < 1.29 is 4.79 Å². The van der Waals surface area contributed by atoms with Crippen molar-refractivity contribution in [2.75, 3.05) is 5.73 Å². The maximum Gasteiger partial charge on any atom is 0.253 e. The number of para-hydroxylation sites is 1. The second-order valence-corrected chi connectivity index (χ2v) is 6.11. The molecule has 0 spiro atoms. The molecule has 1 unspecified atom stereocenters. The fourth-order valence-corrected chi connectivity index (χ4v) is 3.16. The van der Waals surface area contributed by atoms with Crippen LogP contribution in [0.1, 0.15) is 38.6 Å². The lowest BCUT2D eigenvalue weighted by Crippen LogP contribution is -2.27. The molecule has 1 amide bonds. The lowest BCUT2D eigenvalue weighted by Gasteiger charge is -2.14. The number of anilines is 1. The number of carbonyl (C=O) groups is 1. The number of nitrogen functional groups attached to an aromatic ring is 1. The van der Waals surface area contributed by atoms with Gasteiger partial charge >= 0.3 is 0 Å². The monoisotopic (exact) mass is 310 g/mol. The van der Waals surface area contributed by atoms with E-state index in [2.05, 4.69) is 25.2 Å². The Hall–Kier alpha value is -1.52. The molecule has 2 rings (SSSR count). The van der Waals surface area contributed by atoms with Crippen LogP contribution in [0.15, 0.2) is 30.3 Å². The quantitative estimate of drug-likeness (QED) is 0.846. The SMILES string of the molecule is Cc1cc(C(C)NC(=O)c2ccccc2N)c(C)s1.Cl. The highest BCUT2D eigenvalue weighted by Gasteiger charge is 2.16. The summed E-state index contributed by atoms with van der Waals surface area (Å²) in [6.07, 6.45) is 0. The number of aryl methyl sites for hydroxylation is 2. The number of amides is 1. The molecule has 0 aliphatic rings. The molecular weight excluding hydrogens is 292 g/mol. The van der Waals surface area contributed by atoms with Gasteiger partial charge in [0, 0.05) is 15.4 Å². The van der Waals surface area contributed by atoms with Crippen LogP contribution < -0.4 is 11.1 Å². The molecule has 0 aliphatic heterocycles. The predicted molar refractivity (Wildman–Crippen MR) is 87.8 cm³/mol. The van der Waals surface area contributed by atoms with E-state index in [1.807, 2.05) is 19.1 Å². The zero-order valence-electron chi connectivity index (χ0n) is 11.8. The summed E-state index contributed by atoms with van der Waals surface area (Å²) >= 11 is 1.75. The molecule has 0 saturated carbocycles. The standard InChI is InChI=1S/C15H18N2OS.ClH/c1-9-8-13(11(3)19-9)10(2)17-15(18)12-6-4-5-7-14(12)16;/h4-8,10H,16H2,1-3H3,(H,17,18);1H. The van der Waals surface area contributed by atoms with Gasteiger partial charge in [0.25, 0.3) is 5.91 Å². The molecule has 1 aromatic heterocycles. The van der Waals surface area contributed by atoms with Crippen molar-refractivity contribution in [2.24, 2.45) is 0 Å². The van der Waals surface area contributed by atoms with Crippen molar-refractivity contribution in [1.82, 2.24) is 5.32 Å². The summed E-state index contributed by atoms with van der Waals surface area (Å²) in [5.41, 5.74) is 8.01. The van der Waals surface area contributed by atoms with Crippen LogP contribution in [0.4, 0.5) is 5.69 Å². The van der Waals surface area contributed by atoms with Crippen molar-refractivity contribution in [3.05, 3.63) is 51.2 Å². The summed E-state index contributed by atoms with van der Waals surface area (Å²) in [6, 6.07) is 9.22. The topological polar surface area (TPSA) is 55.1 Å². The zero-order valence-corrected chi connectivity index (χ0v) is 13.4. The molecule has 20 heavy (non-hydrogen) atoms. The maximum atomic E-state index is 12.2. The fourth-order valence-electron chi connectivity index (χ4n) is 2.14. The van der Waals surface area contributed by atoms with Gasteiger partial charge in [-0.1, -0.05) is 12.1 Å². The molecule has 3 nitrogen and oxygen atoms in total. The van der Waals surface area contributed by atoms with Gasteiger partial charge in [-0.25, -0.2) is 0 Å². The molecule has 0 saturated heterocycles. The van der Waals surface area contributed by atoms with Crippen LogP contribution in [0, 0.1) is 13.8 Å². The first kappa shape index (κ1) is 16.5. The van der Waals surface area contributed by atoms with Crippen LogP contribution in [0.5, 0.6) is 0 Å². The van der Waals surface area contributed by atoms with Crippen LogP contribution in [-0.2, 0) is 0 Å². The normalized spacial score (nSPS) is 11.6. The molecule has 1 atom stereocenters. The number of benzene rings is 1. The van der Waals surface area contributed by atoms with Gasteiger partial charge in [0.1, 0.15) is 0 Å². The molecule has 0 aliphatic carbocycles. The molecule has 1 aromatic carbocycles. The van der Waals surface area contributed by atoms with Gasteiger partial charge in [-0.05, 0) is 44.5 Å². The zero-order chi connectivity index (χ0) is 14.0. The predicted octanol–water partition coefficient (Wildman–Crippen LogP) is 3.86. The van der Waals surface area contributed by atoms with Gasteiger partial charge in [0.15, 0.2) is 0 Å². The minimum Gasteiger partial charge on any atom is -0.398 e. The van der Waals surface area contributed by atoms with Crippen molar-refractivity contribution in [1.29, 1.82) is 0 Å². The first-order valence-electron chi connectivity index (χ1n) is 6.21. The molecule has 108 valence electrons. The van der Waals surface area contributed by atoms with Crippen molar-refractivity contribution in [3.8, 4) is 0 Å². The summed E-state index contributed by atoms with van der Waals surface area (Å²) in [5.74, 6) is -0.131. The molecule has 2 aromatic rings. The van der Waals surface area contributed by atoms with Gasteiger partial charge in [-0.2, -0.15) is 0 Å². The summed E-state index contributed by atoms with van der Waals surface area (Å²) in [6.45, 7) is 6.14. The summed E-state index contributed by atoms with van der Waals surface area (Å²) in [4.78, 5) is 14.7. The Morgan fingerprint density at radius 2 is 1.95 bits per heavy atom. The van der Waals surface area contributed by atoms with E-state index in [0.717, 1.165) is 0 Å². The Bertz CT molecular complexity index is 610. The van der Waals surface area contributed by atoms with Crippen LogP contribution in [0.25, 0.3) is 0 Å².